The van der Waals surface area contributed by atoms with Gasteiger partial charge in [-0.25, -0.2) is 4.79 Å². The first-order chi connectivity index (χ1) is 25.1. The number of benzene rings is 3. The molecule has 52 heavy (non-hydrogen) atoms. The fourth-order valence-corrected chi connectivity index (χ4v) is 7.27. The second-order valence-corrected chi connectivity index (χ2v) is 13.5. The van der Waals surface area contributed by atoms with Crippen molar-refractivity contribution in [2.24, 2.45) is 11.7 Å². The lowest BCUT2D eigenvalue weighted by Crippen LogP contribution is -2.61. The van der Waals surface area contributed by atoms with Crippen LogP contribution in [0.15, 0.2) is 91.0 Å². The Kier molecular flexibility index (Phi) is 13.0. The topological polar surface area (TPSA) is 207 Å². The third kappa shape index (κ3) is 10.2. The van der Waals surface area contributed by atoms with Crippen LogP contribution in [-0.2, 0) is 43.2 Å². The Morgan fingerprint density at radius 3 is 2.08 bits per heavy atom. The fourth-order valence-electron chi connectivity index (χ4n) is 7.27. The number of amides is 4. The van der Waals surface area contributed by atoms with Crippen molar-refractivity contribution in [3.63, 3.8) is 0 Å². The average molecular weight is 710 g/mol. The van der Waals surface area contributed by atoms with Crippen LogP contribution in [0.2, 0.25) is 0 Å². The molecular formula is C39H47N7O6. The van der Waals surface area contributed by atoms with Gasteiger partial charge in [-0.15, -0.1) is 0 Å². The highest BCUT2D eigenvalue weighted by Crippen LogP contribution is 2.39. The zero-order valence-corrected chi connectivity index (χ0v) is 29.0. The quantitative estimate of drug-likeness (QED) is 0.0663. The van der Waals surface area contributed by atoms with Crippen molar-refractivity contribution >= 4 is 35.6 Å². The monoisotopic (exact) mass is 709 g/mol. The van der Waals surface area contributed by atoms with Gasteiger partial charge < -0.3 is 37.0 Å². The van der Waals surface area contributed by atoms with Crippen LogP contribution in [0.1, 0.15) is 48.8 Å². The predicted molar refractivity (Wildman–Crippen MR) is 195 cm³/mol. The van der Waals surface area contributed by atoms with Crippen molar-refractivity contribution in [2.75, 3.05) is 6.54 Å². The van der Waals surface area contributed by atoms with Crippen LogP contribution in [0.3, 0.4) is 0 Å². The number of nitrogens with two attached hydrogens (primary N) is 1. The molecule has 0 aliphatic carbocycles. The summed E-state index contributed by atoms with van der Waals surface area (Å²) in [5.41, 5.74) is 8.04. The first-order valence-electron chi connectivity index (χ1n) is 17.7. The van der Waals surface area contributed by atoms with Gasteiger partial charge in [0.15, 0.2) is 5.96 Å². The number of carboxylic acid groups (broad SMARTS) is 1. The number of fused-ring (bicyclic) bond motifs is 1. The number of carboxylic acids is 1. The summed E-state index contributed by atoms with van der Waals surface area (Å²) in [4.78, 5) is 68.9. The van der Waals surface area contributed by atoms with Gasteiger partial charge in [0.25, 0.3) is 0 Å². The molecular weight excluding hydrogens is 662 g/mol. The number of carbonyl (C=O) groups excluding carboxylic acids is 4. The van der Waals surface area contributed by atoms with Gasteiger partial charge in [0, 0.05) is 19.0 Å². The van der Waals surface area contributed by atoms with Crippen LogP contribution in [-0.4, -0.2) is 82.3 Å². The zero-order chi connectivity index (χ0) is 37.0. The van der Waals surface area contributed by atoms with E-state index in [1.807, 2.05) is 66.7 Å². The largest absolute Gasteiger partial charge is 0.480 e. The maximum Gasteiger partial charge on any atom is 0.326 e. The zero-order valence-electron chi connectivity index (χ0n) is 29.0. The summed E-state index contributed by atoms with van der Waals surface area (Å²) < 4.78 is 0. The number of hydrogen-bond donors (Lipinski definition) is 7. The van der Waals surface area contributed by atoms with E-state index in [9.17, 15) is 29.1 Å². The van der Waals surface area contributed by atoms with Crippen LogP contribution in [0.25, 0.3) is 0 Å². The maximum atomic E-state index is 14.2. The first-order valence-corrected chi connectivity index (χ1v) is 17.7. The molecule has 2 aliphatic heterocycles. The highest BCUT2D eigenvalue weighted by Gasteiger charge is 2.51. The molecule has 0 saturated carbocycles. The molecule has 2 aliphatic rings. The SMILES string of the molecule is N=C(N)NCCCC(NC(=O)[C@@H]1CC(Cc2ccccc2)C2CCC(NC(=O)Cc3ccccc3)C(=O)N21)C(=O)N[C@H](Cc1ccccc1)C(=O)O. The molecule has 0 bridgehead atoms. The molecule has 4 unspecified atom stereocenters. The third-order valence-corrected chi connectivity index (χ3v) is 9.77. The number of hydrogen-bond acceptors (Lipinski definition) is 6. The summed E-state index contributed by atoms with van der Waals surface area (Å²) >= 11 is 0. The number of rotatable bonds is 16. The second-order valence-electron chi connectivity index (χ2n) is 13.5. The molecule has 6 atom stereocenters. The Hall–Kier alpha value is -5.72. The highest BCUT2D eigenvalue weighted by atomic mass is 16.4. The Labute approximate surface area is 303 Å². The normalized spacial score (nSPS) is 20.5. The Morgan fingerprint density at radius 1 is 0.846 bits per heavy atom. The molecule has 13 heteroatoms. The average Bonchev–Trinajstić information content (AvgIpc) is 3.50. The maximum absolute atomic E-state index is 14.2. The van der Waals surface area contributed by atoms with Gasteiger partial charge >= 0.3 is 5.97 Å². The highest BCUT2D eigenvalue weighted by molar-refractivity contribution is 5.96. The molecule has 2 saturated heterocycles. The van der Waals surface area contributed by atoms with E-state index in [2.05, 4.69) is 21.3 Å². The van der Waals surface area contributed by atoms with Gasteiger partial charge in [-0.1, -0.05) is 91.0 Å². The smallest absolute Gasteiger partial charge is 0.326 e. The molecule has 4 amide bonds. The molecule has 0 aromatic heterocycles. The molecule has 3 aromatic rings. The van der Waals surface area contributed by atoms with Gasteiger partial charge in [0.05, 0.1) is 6.42 Å². The standard InChI is InChI=1S/C39H47N7O6/c40-39(41)42-20-10-17-29(35(48)45-31(38(51)52)22-26-13-6-2-7-14-26)44-36(49)33-24-28(21-25-11-4-1-5-12-25)32-19-18-30(37(50)46(32)33)43-34(47)23-27-15-8-3-9-16-27/h1-9,11-16,28-33H,10,17-24H2,(H,43,47)(H,44,49)(H,45,48)(H,51,52)(H4,40,41,42)/t28?,29?,30?,31-,32?,33+/m1/s1. The van der Waals surface area contributed by atoms with Crippen molar-refractivity contribution in [2.45, 2.75) is 81.6 Å². The van der Waals surface area contributed by atoms with Crippen LogP contribution in [0.4, 0.5) is 0 Å². The van der Waals surface area contributed by atoms with E-state index in [4.69, 9.17) is 11.1 Å². The fraction of sp³-hybridized carbons (Fsp3) is 0.385. The molecule has 274 valence electrons. The second kappa shape index (κ2) is 18.0. The van der Waals surface area contributed by atoms with Crippen molar-refractivity contribution in [1.29, 1.82) is 5.41 Å². The van der Waals surface area contributed by atoms with E-state index >= 15 is 0 Å². The number of nitrogens with zero attached hydrogens (tertiary/aromatic N) is 1. The summed E-state index contributed by atoms with van der Waals surface area (Å²) in [5, 5.41) is 28.4. The first kappa shape index (κ1) is 37.5. The molecule has 2 fully saturated rings. The van der Waals surface area contributed by atoms with E-state index in [1.165, 1.54) is 0 Å². The Balaban J connectivity index is 1.34. The van der Waals surface area contributed by atoms with Crippen LogP contribution < -0.4 is 27.0 Å². The summed E-state index contributed by atoms with van der Waals surface area (Å²) in [6.45, 7) is 0.251. The molecule has 0 radical (unpaired) electrons. The van der Waals surface area contributed by atoms with Gasteiger partial charge in [0.2, 0.25) is 23.6 Å². The van der Waals surface area contributed by atoms with Crippen molar-refractivity contribution in [3.8, 4) is 0 Å². The van der Waals surface area contributed by atoms with E-state index < -0.39 is 42.0 Å². The van der Waals surface area contributed by atoms with Crippen molar-refractivity contribution in [1.82, 2.24) is 26.2 Å². The molecule has 3 aromatic carbocycles. The van der Waals surface area contributed by atoms with E-state index in [0.29, 0.717) is 32.1 Å². The molecule has 0 spiro atoms. The minimum Gasteiger partial charge on any atom is -0.480 e. The molecule has 13 nitrogen and oxygen atoms in total. The van der Waals surface area contributed by atoms with Crippen molar-refractivity contribution < 1.29 is 29.1 Å². The van der Waals surface area contributed by atoms with Gasteiger partial charge in [0.1, 0.15) is 24.2 Å². The van der Waals surface area contributed by atoms with Gasteiger partial charge in [-0.05, 0) is 61.1 Å². The molecule has 8 N–H and O–H groups in total. The lowest BCUT2D eigenvalue weighted by atomic mass is 9.86. The number of nitrogens with one attached hydrogen (secondary N) is 5. The van der Waals surface area contributed by atoms with Crippen LogP contribution in [0.5, 0.6) is 0 Å². The number of piperidine rings is 1. The summed E-state index contributed by atoms with van der Waals surface area (Å²) in [7, 11) is 0. The van der Waals surface area contributed by atoms with Crippen molar-refractivity contribution in [3.05, 3.63) is 108 Å². The lowest BCUT2D eigenvalue weighted by Gasteiger charge is -2.39. The molecule has 2 heterocycles. The summed E-state index contributed by atoms with van der Waals surface area (Å²) in [5.74, 6) is -3.34. The van der Waals surface area contributed by atoms with Crippen LogP contribution in [0, 0.1) is 11.3 Å². The number of carbonyl (C=O) groups is 5. The summed E-state index contributed by atoms with van der Waals surface area (Å²) in [6, 6.07) is 23.7. The van der Waals surface area contributed by atoms with E-state index in [-0.39, 0.29) is 55.5 Å². The Bertz CT molecular complexity index is 1710. The van der Waals surface area contributed by atoms with Gasteiger partial charge in [-0.3, -0.25) is 24.6 Å². The number of guanidine groups is 1. The van der Waals surface area contributed by atoms with Gasteiger partial charge in [-0.2, -0.15) is 0 Å². The lowest BCUT2D eigenvalue weighted by molar-refractivity contribution is -0.147. The van der Waals surface area contributed by atoms with E-state index in [1.54, 1.807) is 29.2 Å². The van der Waals surface area contributed by atoms with E-state index in [0.717, 1.165) is 16.7 Å². The minimum atomic E-state index is -1.25. The summed E-state index contributed by atoms with van der Waals surface area (Å²) in [6.07, 6.45) is 2.63. The number of aliphatic carboxylic acids is 1. The molecule has 5 rings (SSSR count). The Morgan fingerprint density at radius 2 is 1.46 bits per heavy atom. The third-order valence-electron chi connectivity index (χ3n) is 9.77. The minimum absolute atomic E-state index is 0.0413. The predicted octanol–water partition coefficient (Wildman–Crippen LogP) is 1.90. The van der Waals surface area contributed by atoms with Crippen LogP contribution >= 0.6 is 0 Å².